The first kappa shape index (κ1) is 14.1. The van der Waals surface area contributed by atoms with Crippen LogP contribution in [-0.2, 0) is 0 Å². The minimum atomic E-state index is -0.0538. The van der Waals surface area contributed by atoms with Crippen molar-refractivity contribution < 1.29 is 4.79 Å². The van der Waals surface area contributed by atoms with Crippen molar-refractivity contribution in [3.63, 3.8) is 0 Å². The number of carbonyl (C=O) groups excluding carboxylic acids is 1. The molecule has 3 rings (SSSR count). The first-order chi connectivity index (χ1) is 10.5. The number of anilines is 2. The van der Waals surface area contributed by atoms with Gasteiger partial charge >= 0.3 is 0 Å². The molecule has 0 radical (unpaired) electrons. The highest BCUT2D eigenvalue weighted by atomic mass is 16.1. The molecule has 0 aliphatic rings. The maximum atomic E-state index is 11.4. The molecule has 0 aliphatic carbocycles. The first-order valence-corrected chi connectivity index (χ1v) is 6.89. The summed E-state index contributed by atoms with van der Waals surface area (Å²) in [6, 6.07) is 7.80. The lowest BCUT2D eigenvalue weighted by Gasteiger charge is -2.08. The number of hydrogen-bond donors (Lipinski definition) is 1. The fourth-order valence-corrected chi connectivity index (χ4v) is 2.26. The molecule has 0 unspecified atom stereocenters. The van der Waals surface area contributed by atoms with Crippen LogP contribution >= 0.6 is 0 Å². The van der Waals surface area contributed by atoms with Gasteiger partial charge < -0.3 is 0 Å². The zero-order chi connectivity index (χ0) is 15.7. The first-order valence-electron chi connectivity index (χ1n) is 6.89. The Morgan fingerprint density at radius 3 is 2.45 bits per heavy atom. The second-order valence-corrected chi connectivity index (χ2v) is 5.02. The molecule has 0 saturated heterocycles. The average Bonchev–Trinajstić information content (AvgIpc) is 2.47. The molecule has 110 valence electrons. The van der Waals surface area contributed by atoms with Gasteiger partial charge in [0.15, 0.2) is 5.78 Å². The predicted octanol–water partition coefficient (Wildman–Crippen LogP) is 2.98. The summed E-state index contributed by atoms with van der Waals surface area (Å²) in [5, 5.41) is 4.00. The van der Waals surface area contributed by atoms with Crippen LogP contribution in [0, 0.1) is 13.8 Å². The smallest absolute Gasteiger partial charge is 0.230 e. The van der Waals surface area contributed by atoms with Crippen LogP contribution in [0.5, 0.6) is 0 Å². The van der Waals surface area contributed by atoms with Crippen LogP contribution in [0.1, 0.15) is 28.7 Å². The quantitative estimate of drug-likeness (QED) is 0.748. The standard InChI is InChI=1S/C16H15N5O/c1-9-12-6-4-5-7-14(12)20-16(19-9)21-15-17-8-13(11(3)22)10(2)18-15/h4-8H,1-3H3,(H,17,18,19,20,21). The Morgan fingerprint density at radius 2 is 1.73 bits per heavy atom. The van der Waals surface area contributed by atoms with Crippen LogP contribution in [-0.4, -0.2) is 25.7 Å². The summed E-state index contributed by atoms with van der Waals surface area (Å²) in [4.78, 5) is 28.7. The van der Waals surface area contributed by atoms with Crippen molar-refractivity contribution >= 4 is 28.6 Å². The van der Waals surface area contributed by atoms with E-state index in [0.29, 0.717) is 23.2 Å². The highest BCUT2D eigenvalue weighted by Gasteiger charge is 2.09. The lowest BCUT2D eigenvalue weighted by atomic mass is 10.2. The van der Waals surface area contributed by atoms with Gasteiger partial charge in [-0.25, -0.2) is 19.9 Å². The van der Waals surface area contributed by atoms with Crippen LogP contribution in [0.2, 0.25) is 0 Å². The lowest BCUT2D eigenvalue weighted by Crippen LogP contribution is -2.06. The van der Waals surface area contributed by atoms with Gasteiger partial charge in [-0.1, -0.05) is 18.2 Å². The van der Waals surface area contributed by atoms with E-state index in [1.54, 1.807) is 6.92 Å². The topological polar surface area (TPSA) is 80.7 Å². The molecule has 0 aliphatic heterocycles. The Bertz CT molecular complexity index is 876. The lowest BCUT2D eigenvalue weighted by molar-refractivity contribution is 0.101. The van der Waals surface area contributed by atoms with Crippen LogP contribution in [0.25, 0.3) is 10.9 Å². The highest BCUT2D eigenvalue weighted by Crippen LogP contribution is 2.18. The molecule has 0 amide bonds. The number of benzene rings is 1. The number of rotatable bonds is 3. The third-order valence-electron chi connectivity index (χ3n) is 3.38. The Kier molecular flexibility index (Phi) is 3.50. The van der Waals surface area contributed by atoms with E-state index in [4.69, 9.17) is 0 Å². The molecule has 0 bridgehead atoms. The Morgan fingerprint density at radius 1 is 1.00 bits per heavy atom. The maximum absolute atomic E-state index is 11.4. The number of carbonyl (C=O) groups is 1. The van der Waals surface area contributed by atoms with E-state index in [2.05, 4.69) is 25.3 Å². The van der Waals surface area contributed by atoms with Crippen molar-refractivity contribution in [3.8, 4) is 0 Å². The zero-order valence-corrected chi connectivity index (χ0v) is 12.6. The fraction of sp³-hybridized carbons (Fsp3) is 0.188. The second-order valence-electron chi connectivity index (χ2n) is 5.02. The number of fused-ring (bicyclic) bond motifs is 1. The van der Waals surface area contributed by atoms with Gasteiger partial charge in [0.2, 0.25) is 11.9 Å². The van der Waals surface area contributed by atoms with Gasteiger partial charge in [-0.05, 0) is 26.8 Å². The largest absolute Gasteiger partial charge is 0.294 e. The molecule has 6 heteroatoms. The molecule has 2 aromatic heterocycles. The number of Topliss-reactive ketones (excluding diaryl/α,β-unsaturated/α-hetero) is 1. The molecule has 0 fully saturated rings. The van der Waals surface area contributed by atoms with Crippen molar-refractivity contribution in [2.45, 2.75) is 20.8 Å². The van der Waals surface area contributed by atoms with Crippen LogP contribution in [0.4, 0.5) is 11.9 Å². The molecule has 0 saturated carbocycles. The minimum absolute atomic E-state index is 0.0538. The number of nitrogens with zero attached hydrogens (tertiary/aromatic N) is 4. The van der Waals surface area contributed by atoms with Crippen molar-refractivity contribution in [2.75, 3.05) is 5.32 Å². The number of hydrogen-bond acceptors (Lipinski definition) is 6. The molecule has 0 spiro atoms. The normalized spacial score (nSPS) is 10.7. The van der Waals surface area contributed by atoms with Gasteiger partial charge in [0.05, 0.1) is 22.5 Å². The van der Waals surface area contributed by atoms with Gasteiger partial charge in [0.1, 0.15) is 0 Å². The molecule has 0 atom stereocenters. The van der Waals surface area contributed by atoms with Crippen molar-refractivity contribution in [1.82, 2.24) is 19.9 Å². The number of ketones is 1. The zero-order valence-electron chi connectivity index (χ0n) is 12.6. The van der Waals surface area contributed by atoms with Gasteiger partial charge in [0, 0.05) is 11.6 Å². The third kappa shape index (κ3) is 2.63. The molecule has 22 heavy (non-hydrogen) atoms. The van der Waals surface area contributed by atoms with Crippen LogP contribution in [0.15, 0.2) is 30.5 Å². The molecule has 2 heterocycles. The van der Waals surface area contributed by atoms with E-state index >= 15 is 0 Å². The van der Waals surface area contributed by atoms with Crippen molar-refractivity contribution in [1.29, 1.82) is 0 Å². The van der Waals surface area contributed by atoms with Crippen LogP contribution < -0.4 is 5.32 Å². The van der Waals surface area contributed by atoms with Gasteiger partial charge in [-0.2, -0.15) is 0 Å². The maximum Gasteiger partial charge on any atom is 0.230 e. The van der Waals surface area contributed by atoms with E-state index in [1.165, 1.54) is 13.1 Å². The summed E-state index contributed by atoms with van der Waals surface area (Å²) >= 11 is 0. The fourth-order valence-electron chi connectivity index (χ4n) is 2.26. The van der Waals surface area contributed by atoms with E-state index in [1.807, 2.05) is 31.2 Å². The van der Waals surface area contributed by atoms with Crippen molar-refractivity contribution in [2.24, 2.45) is 0 Å². The Labute approximate surface area is 127 Å². The Hall–Kier alpha value is -2.89. The average molecular weight is 293 g/mol. The molecule has 3 aromatic rings. The highest BCUT2D eigenvalue weighted by molar-refractivity contribution is 5.94. The summed E-state index contributed by atoms with van der Waals surface area (Å²) in [7, 11) is 0. The SMILES string of the molecule is CC(=O)c1cnc(Nc2nc(C)c3ccccc3n2)nc1C. The predicted molar refractivity (Wildman–Crippen MR) is 84.3 cm³/mol. The molecule has 1 N–H and O–H groups in total. The van der Waals surface area contributed by atoms with E-state index in [0.717, 1.165) is 16.6 Å². The number of para-hydroxylation sites is 1. The summed E-state index contributed by atoms with van der Waals surface area (Å²) < 4.78 is 0. The summed E-state index contributed by atoms with van der Waals surface area (Å²) in [5.41, 5.74) is 2.88. The number of nitrogens with one attached hydrogen (secondary N) is 1. The molecule has 1 aromatic carbocycles. The molecular weight excluding hydrogens is 278 g/mol. The van der Waals surface area contributed by atoms with Crippen LogP contribution in [0.3, 0.4) is 0 Å². The van der Waals surface area contributed by atoms with E-state index in [9.17, 15) is 4.79 Å². The van der Waals surface area contributed by atoms with Gasteiger partial charge in [-0.15, -0.1) is 0 Å². The number of aryl methyl sites for hydroxylation is 2. The third-order valence-corrected chi connectivity index (χ3v) is 3.38. The summed E-state index contributed by atoms with van der Waals surface area (Å²) in [6.45, 7) is 5.20. The van der Waals surface area contributed by atoms with Gasteiger partial charge in [0.25, 0.3) is 0 Å². The van der Waals surface area contributed by atoms with Crippen molar-refractivity contribution in [3.05, 3.63) is 47.4 Å². The second kappa shape index (κ2) is 5.48. The molecule has 6 nitrogen and oxygen atoms in total. The molecular formula is C16H15N5O. The number of aromatic nitrogens is 4. The summed E-state index contributed by atoms with van der Waals surface area (Å²) in [5.74, 6) is 0.755. The minimum Gasteiger partial charge on any atom is -0.294 e. The monoisotopic (exact) mass is 293 g/mol. The summed E-state index contributed by atoms with van der Waals surface area (Å²) in [6.07, 6.45) is 1.51. The van der Waals surface area contributed by atoms with E-state index in [-0.39, 0.29) is 5.78 Å². The Balaban J connectivity index is 1.96. The van der Waals surface area contributed by atoms with Gasteiger partial charge in [-0.3, -0.25) is 10.1 Å². The van der Waals surface area contributed by atoms with E-state index < -0.39 is 0 Å².